The number of rotatable bonds is 2. The van der Waals surface area contributed by atoms with Crippen LogP contribution in [0.1, 0.15) is 18.4 Å². The van der Waals surface area contributed by atoms with Crippen LogP contribution in [0.25, 0.3) is 0 Å². The molecule has 5 heteroatoms. The molecule has 0 atom stereocenters. The highest BCUT2D eigenvalue weighted by Crippen LogP contribution is 2.47. The van der Waals surface area contributed by atoms with Crippen molar-refractivity contribution in [3.05, 3.63) is 29.8 Å². The monoisotopic (exact) mass is 210 g/mol. The van der Waals surface area contributed by atoms with Gasteiger partial charge < -0.3 is 12.9 Å². The van der Waals surface area contributed by atoms with Crippen LogP contribution >= 0.6 is 0 Å². The van der Waals surface area contributed by atoms with Gasteiger partial charge in [-0.2, -0.15) is 5.26 Å². The molecule has 1 nitrogen and oxygen atoms in total. The minimum atomic E-state index is -4.96. The average molecular weight is 210 g/mol. The number of nitriles is 1. The number of halogens is 3. The second-order valence-corrected chi connectivity index (χ2v) is 3.89. The SMILES string of the molecule is N#CC1(c2cccc([B-](F)(F)F)c2)CC1. The molecule has 0 aromatic heterocycles. The molecule has 1 aromatic carbocycles. The van der Waals surface area contributed by atoms with E-state index in [1.807, 2.05) is 0 Å². The summed E-state index contributed by atoms with van der Waals surface area (Å²) in [4.78, 5) is 0. The van der Waals surface area contributed by atoms with Gasteiger partial charge in [-0.25, -0.2) is 0 Å². The Hall–Kier alpha value is -1.44. The third-order valence-corrected chi connectivity index (χ3v) is 2.78. The van der Waals surface area contributed by atoms with Crippen molar-refractivity contribution in [1.29, 1.82) is 5.26 Å². The normalized spacial score (nSPS) is 18.3. The van der Waals surface area contributed by atoms with E-state index in [4.69, 9.17) is 5.26 Å². The van der Waals surface area contributed by atoms with Gasteiger partial charge in [-0.05, 0) is 18.4 Å². The molecular weight excluding hydrogens is 202 g/mol. The van der Waals surface area contributed by atoms with E-state index >= 15 is 0 Å². The van der Waals surface area contributed by atoms with Gasteiger partial charge in [-0.3, -0.25) is 0 Å². The minimum absolute atomic E-state index is 0.502. The highest BCUT2D eigenvalue weighted by Gasteiger charge is 2.45. The largest absolute Gasteiger partial charge is 0.509 e. The molecule has 0 aliphatic heterocycles. The lowest BCUT2D eigenvalue weighted by Crippen LogP contribution is -2.34. The molecule has 0 unspecified atom stereocenters. The Morgan fingerprint density at radius 1 is 1.27 bits per heavy atom. The Morgan fingerprint density at radius 3 is 2.40 bits per heavy atom. The standard InChI is InChI=1S/C10H8BF3N/c12-11(13,14)9-3-1-2-8(6-9)10(7-15)4-5-10/h1-3,6H,4-5H2/q-1. The van der Waals surface area contributed by atoms with Crippen LogP contribution in [0.2, 0.25) is 0 Å². The third kappa shape index (κ3) is 1.72. The van der Waals surface area contributed by atoms with Gasteiger partial charge in [0.15, 0.2) is 0 Å². The van der Waals surface area contributed by atoms with E-state index in [2.05, 4.69) is 6.07 Å². The van der Waals surface area contributed by atoms with Crippen LogP contribution in [0.15, 0.2) is 24.3 Å². The molecule has 0 bridgehead atoms. The van der Waals surface area contributed by atoms with Crippen molar-refractivity contribution >= 4 is 12.4 Å². The summed E-state index contributed by atoms with van der Waals surface area (Å²) in [6.07, 6.45) is 1.33. The van der Waals surface area contributed by atoms with Crippen LogP contribution < -0.4 is 5.46 Å². The Morgan fingerprint density at radius 2 is 1.93 bits per heavy atom. The summed E-state index contributed by atoms with van der Waals surface area (Å²) < 4.78 is 37.4. The van der Waals surface area contributed by atoms with Gasteiger partial charge in [0.1, 0.15) is 0 Å². The van der Waals surface area contributed by atoms with Crippen molar-refractivity contribution in [1.82, 2.24) is 0 Å². The number of benzene rings is 1. The van der Waals surface area contributed by atoms with E-state index in [9.17, 15) is 12.9 Å². The zero-order chi connectivity index (χ0) is 11.1. The van der Waals surface area contributed by atoms with Gasteiger partial charge in [0.2, 0.25) is 0 Å². The fourth-order valence-corrected chi connectivity index (χ4v) is 1.63. The maximum absolute atomic E-state index is 12.5. The fraction of sp³-hybridized carbons (Fsp3) is 0.300. The van der Waals surface area contributed by atoms with Crippen LogP contribution in [-0.4, -0.2) is 6.98 Å². The Labute approximate surface area is 85.6 Å². The molecule has 0 amide bonds. The Kier molecular flexibility index (Phi) is 2.04. The van der Waals surface area contributed by atoms with Crippen molar-refractivity contribution in [2.75, 3.05) is 0 Å². The predicted octanol–water partition coefficient (Wildman–Crippen LogP) is 2.30. The molecule has 1 aliphatic carbocycles. The summed E-state index contributed by atoms with van der Waals surface area (Å²) in [7, 11) is 0. The first-order chi connectivity index (χ1) is 6.98. The molecule has 0 saturated heterocycles. The molecule has 1 saturated carbocycles. The number of nitrogens with zero attached hydrogens (tertiary/aromatic N) is 1. The molecule has 0 spiro atoms. The lowest BCUT2D eigenvalue weighted by atomic mass is 9.78. The maximum atomic E-state index is 12.5. The minimum Gasteiger partial charge on any atom is -0.445 e. The zero-order valence-electron chi connectivity index (χ0n) is 7.88. The van der Waals surface area contributed by atoms with Gasteiger partial charge >= 0.3 is 6.98 Å². The van der Waals surface area contributed by atoms with E-state index in [-0.39, 0.29) is 0 Å². The van der Waals surface area contributed by atoms with Gasteiger partial charge in [-0.15, -0.1) is 5.46 Å². The summed E-state index contributed by atoms with van der Waals surface area (Å²) in [6, 6.07) is 7.22. The highest BCUT2D eigenvalue weighted by molar-refractivity contribution is 6.73. The molecule has 1 aliphatic rings. The quantitative estimate of drug-likeness (QED) is 0.687. The smallest absolute Gasteiger partial charge is 0.445 e. The highest BCUT2D eigenvalue weighted by atomic mass is 19.4. The van der Waals surface area contributed by atoms with Crippen molar-refractivity contribution in [2.24, 2.45) is 0 Å². The van der Waals surface area contributed by atoms with Crippen LogP contribution in [0.4, 0.5) is 12.9 Å². The van der Waals surface area contributed by atoms with Crippen LogP contribution in [0, 0.1) is 11.3 Å². The van der Waals surface area contributed by atoms with Gasteiger partial charge in [0.25, 0.3) is 0 Å². The third-order valence-electron chi connectivity index (χ3n) is 2.78. The molecule has 15 heavy (non-hydrogen) atoms. The average Bonchev–Trinajstić information content (AvgIpc) is 2.97. The van der Waals surface area contributed by atoms with Crippen LogP contribution in [0.5, 0.6) is 0 Å². The van der Waals surface area contributed by atoms with Crippen molar-refractivity contribution in [3.8, 4) is 6.07 Å². The second-order valence-electron chi connectivity index (χ2n) is 3.89. The van der Waals surface area contributed by atoms with Crippen molar-refractivity contribution < 1.29 is 12.9 Å². The van der Waals surface area contributed by atoms with E-state index < -0.39 is 17.9 Å². The van der Waals surface area contributed by atoms with E-state index in [1.54, 1.807) is 6.07 Å². The van der Waals surface area contributed by atoms with E-state index in [1.165, 1.54) is 6.07 Å². The summed E-state index contributed by atoms with van der Waals surface area (Å²) in [5.74, 6) is 0. The first-order valence-electron chi connectivity index (χ1n) is 4.70. The fourth-order valence-electron chi connectivity index (χ4n) is 1.63. The Bertz CT molecular complexity index is 429. The van der Waals surface area contributed by atoms with Gasteiger partial charge in [-0.1, -0.05) is 24.3 Å². The van der Waals surface area contributed by atoms with Crippen LogP contribution in [0.3, 0.4) is 0 Å². The van der Waals surface area contributed by atoms with Gasteiger partial charge in [0, 0.05) is 0 Å². The number of hydrogen-bond acceptors (Lipinski definition) is 1. The lowest BCUT2D eigenvalue weighted by Gasteiger charge is -2.17. The maximum Gasteiger partial charge on any atom is 0.509 e. The van der Waals surface area contributed by atoms with Gasteiger partial charge in [0.05, 0.1) is 11.5 Å². The summed E-state index contributed by atoms with van der Waals surface area (Å²) in [5, 5.41) is 8.88. The summed E-state index contributed by atoms with van der Waals surface area (Å²) >= 11 is 0. The molecule has 2 rings (SSSR count). The first kappa shape index (κ1) is 10.1. The summed E-state index contributed by atoms with van der Waals surface area (Å²) in [5.41, 5.74) is -0.757. The number of hydrogen-bond donors (Lipinski definition) is 0. The first-order valence-corrected chi connectivity index (χ1v) is 4.70. The van der Waals surface area contributed by atoms with Crippen molar-refractivity contribution in [2.45, 2.75) is 18.3 Å². The molecule has 0 N–H and O–H groups in total. The zero-order valence-corrected chi connectivity index (χ0v) is 7.88. The van der Waals surface area contributed by atoms with E-state index in [0.29, 0.717) is 18.4 Å². The topological polar surface area (TPSA) is 23.8 Å². The molecule has 0 radical (unpaired) electrons. The lowest BCUT2D eigenvalue weighted by molar-refractivity contribution is 0.501. The van der Waals surface area contributed by atoms with E-state index in [0.717, 1.165) is 12.1 Å². The molecular formula is C10H8BF3N-. The predicted molar refractivity (Wildman–Crippen MR) is 51.7 cm³/mol. The molecule has 1 aromatic rings. The molecule has 0 heterocycles. The van der Waals surface area contributed by atoms with Crippen molar-refractivity contribution in [3.63, 3.8) is 0 Å². The Balaban J connectivity index is 2.41. The van der Waals surface area contributed by atoms with Crippen LogP contribution in [-0.2, 0) is 5.41 Å². The molecule has 1 fully saturated rings. The second kappa shape index (κ2) is 3.03. The molecule has 78 valence electrons. The summed E-state index contributed by atoms with van der Waals surface area (Å²) in [6.45, 7) is -4.96.